The van der Waals surface area contributed by atoms with Gasteiger partial charge in [0.1, 0.15) is 16.8 Å². The normalized spacial score (nSPS) is 16.7. The maximum atomic E-state index is 12.7. The Kier molecular flexibility index (Phi) is 4.91. The number of nitriles is 1. The maximum absolute atomic E-state index is 12.7. The molecule has 2 heterocycles. The Morgan fingerprint density at radius 1 is 1.15 bits per heavy atom. The van der Waals surface area contributed by atoms with E-state index < -0.39 is 6.03 Å². The first kappa shape index (κ1) is 18.4. The summed E-state index contributed by atoms with van der Waals surface area (Å²) in [7, 11) is 0. The Morgan fingerprint density at radius 3 is 2.59 bits per heavy atom. The van der Waals surface area contributed by atoms with Crippen LogP contribution in [0.25, 0.3) is 0 Å². The van der Waals surface area contributed by atoms with Crippen molar-refractivity contribution in [1.82, 2.24) is 0 Å². The van der Waals surface area contributed by atoms with Crippen LogP contribution in [-0.4, -0.2) is 11.2 Å². The monoisotopic (exact) mass is 422 g/mol. The highest BCUT2D eigenvalue weighted by Gasteiger charge is 2.35. The van der Waals surface area contributed by atoms with E-state index in [4.69, 9.17) is 23.2 Å². The van der Waals surface area contributed by atoms with E-state index in [1.165, 1.54) is 23.5 Å². The molecule has 2 aliphatic rings. The van der Waals surface area contributed by atoms with E-state index in [1.54, 1.807) is 0 Å². The van der Waals surface area contributed by atoms with Gasteiger partial charge in [-0.05, 0) is 43.4 Å². The van der Waals surface area contributed by atoms with Crippen molar-refractivity contribution in [2.75, 3.05) is 15.5 Å². The number of hydrazine groups is 1. The molecule has 2 aromatic rings. The van der Waals surface area contributed by atoms with Crippen molar-refractivity contribution in [3.8, 4) is 6.07 Å². The van der Waals surface area contributed by atoms with Gasteiger partial charge in [-0.2, -0.15) is 15.4 Å². The van der Waals surface area contributed by atoms with Crippen LogP contribution in [0.15, 0.2) is 12.1 Å². The largest absolute Gasteiger partial charge is 0.348 e. The lowest BCUT2D eigenvalue weighted by molar-refractivity contribution is 0.222. The average molecular weight is 423 g/mol. The van der Waals surface area contributed by atoms with E-state index in [1.807, 2.05) is 0 Å². The molecule has 0 unspecified atom stereocenters. The van der Waals surface area contributed by atoms with E-state index in [2.05, 4.69) is 11.4 Å². The van der Waals surface area contributed by atoms with E-state index in [0.717, 1.165) is 59.1 Å². The molecule has 27 heavy (non-hydrogen) atoms. The average Bonchev–Trinajstić information content (AvgIpc) is 2.93. The zero-order valence-corrected chi connectivity index (χ0v) is 16.6. The number of nitrogens with one attached hydrogen (secondary N) is 1. The minimum atomic E-state index is -0.561. The van der Waals surface area contributed by atoms with Crippen molar-refractivity contribution in [3.05, 3.63) is 38.2 Å². The number of rotatable bonds is 1. The zero-order valence-electron chi connectivity index (χ0n) is 14.3. The smallest absolute Gasteiger partial charge is 0.304 e. The number of anilines is 3. The minimum absolute atomic E-state index is 0.254. The number of benzene rings is 1. The molecule has 0 atom stereocenters. The van der Waals surface area contributed by atoms with Gasteiger partial charge in [-0.3, -0.25) is 5.21 Å². The first-order valence-corrected chi connectivity index (χ1v) is 10.2. The number of halogens is 2. The van der Waals surface area contributed by atoms with Crippen LogP contribution < -0.4 is 15.5 Å². The Morgan fingerprint density at radius 2 is 1.85 bits per heavy atom. The second-order valence-corrected chi connectivity index (χ2v) is 8.42. The summed E-state index contributed by atoms with van der Waals surface area (Å²) in [5.41, 5.74) is 2.09. The third-order valence-corrected chi connectivity index (χ3v) is 6.82. The molecule has 0 bridgehead atoms. The lowest BCUT2D eigenvalue weighted by atomic mass is 9.97. The highest BCUT2D eigenvalue weighted by Crippen LogP contribution is 2.44. The third kappa shape index (κ3) is 3.13. The molecule has 1 aliphatic heterocycles. The molecule has 1 aromatic carbocycles. The number of fused-ring (bicyclic) bond motifs is 2. The highest BCUT2D eigenvalue weighted by atomic mass is 35.5. The predicted octanol–water partition coefficient (Wildman–Crippen LogP) is 5.75. The van der Waals surface area contributed by atoms with Crippen molar-refractivity contribution >= 4 is 56.9 Å². The number of carbonyl (C=O) groups is 1. The Balaban J connectivity index is 1.81. The highest BCUT2D eigenvalue weighted by molar-refractivity contribution is 7.16. The number of carbonyl (C=O) groups excluding carboxylic acids is 1. The molecule has 1 aromatic heterocycles. The van der Waals surface area contributed by atoms with Crippen LogP contribution in [0.2, 0.25) is 10.0 Å². The molecule has 0 saturated heterocycles. The Labute approximate surface area is 170 Å². The first-order chi connectivity index (χ1) is 13.0. The number of hydrogen-bond donors (Lipinski definition) is 2. The van der Waals surface area contributed by atoms with Gasteiger partial charge in [-0.25, -0.2) is 4.79 Å². The SMILES string of the molecule is N#Cc1c(N2C(=O)Nc3cc(Cl)c(Cl)cc3N2O)sc2c1CCCCCC2. The zero-order chi connectivity index (χ0) is 19.1. The summed E-state index contributed by atoms with van der Waals surface area (Å²) in [6.07, 6.45) is 6.07. The van der Waals surface area contributed by atoms with Crippen molar-refractivity contribution in [2.45, 2.75) is 38.5 Å². The topological polar surface area (TPSA) is 79.6 Å². The number of hydrogen-bond acceptors (Lipinski definition) is 5. The van der Waals surface area contributed by atoms with Gasteiger partial charge in [-0.15, -0.1) is 11.3 Å². The van der Waals surface area contributed by atoms with Crippen LogP contribution in [-0.2, 0) is 12.8 Å². The Bertz CT molecular complexity index is 969. The van der Waals surface area contributed by atoms with Gasteiger partial charge in [0.2, 0.25) is 0 Å². The number of aryl methyl sites for hydroxylation is 1. The molecule has 2 amide bonds. The van der Waals surface area contributed by atoms with E-state index in [0.29, 0.717) is 16.3 Å². The molecular weight excluding hydrogens is 407 g/mol. The number of amides is 2. The predicted molar refractivity (Wildman–Crippen MR) is 107 cm³/mol. The molecule has 0 spiro atoms. The molecule has 2 N–H and O–H groups in total. The van der Waals surface area contributed by atoms with Crippen LogP contribution in [0.3, 0.4) is 0 Å². The minimum Gasteiger partial charge on any atom is -0.304 e. The summed E-state index contributed by atoms with van der Waals surface area (Å²) in [5, 5.41) is 26.0. The quantitative estimate of drug-likeness (QED) is 0.612. The fourth-order valence-electron chi connectivity index (χ4n) is 3.51. The van der Waals surface area contributed by atoms with E-state index in [9.17, 15) is 15.3 Å². The standard InChI is InChI=1S/C18H16Cl2N4O2S/c19-12-7-14-15(8-13(12)20)24(26)23(18(25)22-14)17-11(9-21)10-5-3-1-2-4-6-16(10)27-17/h7-8,26H,1-6H2,(H,22,25). The first-order valence-electron chi connectivity index (χ1n) is 8.65. The fraction of sp³-hybridized carbons (Fsp3) is 0.333. The fourth-order valence-corrected chi connectivity index (χ4v) is 5.16. The van der Waals surface area contributed by atoms with Gasteiger partial charge in [-0.1, -0.05) is 36.0 Å². The second kappa shape index (κ2) is 7.21. The maximum Gasteiger partial charge on any atom is 0.348 e. The lowest BCUT2D eigenvalue weighted by Gasteiger charge is -2.35. The van der Waals surface area contributed by atoms with Gasteiger partial charge in [0, 0.05) is 4.88 Å². The molecule has 9 heteroatoms. The van der Waals surface area contributed by atoms with Crippen LogP contribution in [0, 0.1) is 11.3 Å². The van der Waals surface area contributed by atoms with Crippen molar-refractivity contribution in [3.63, 3.8) is 0 Å². The number of nitrogens with zero attached hydrogens (tertiary/aromatic N) is 3. The van der Waals surface area contributed by atoms with Gasteiger partial charge in [0.25, 0.3) is 0 Å². The van der Waals surface area contributed by atoms with Crippen molar-refractivity contribution in [1.29, 1.82) is 5.26 Å². The molecule has 0 saturated carbocycles. The molecule has 0 radical (unpaired) electrons. The third-order valence-electron chi connectivity index (χ3n) is 4.83. The summed E-state index contributed by atoms with van der Waals surface area (Å²) in [5.74, 6) is 0. The van der Waals surface area contributed by atoms with Crippen LogP contribution in [0.5, 0.6) is 0 Å². The summed E-state index contributed by atoms with van der Waals surface area (Å²) in [4.78, 5) is 13.8. The molecule has 4 rings (SSSR count). The van der Waals surface area contributed by atoms with Crippen molar-refractivity contribution < 1.29 is 10.0 Å². The van der Waals surface area contributed by atoms with Crippen LogP contribution in [0.1, 0.15) is 41.7 Å². The summed E-state index contributed by atoms with van der Waals surface area (Å²) < 4.78 is 0. The molecule has 0 fully saturated rings. The van der Waals surface area contributed by atoms with Crippen LogP contribution >= 0.6 is 34.5 Å². The molecule has 6 nitrogen and oxygen atoms in total. The summed E-state index contributed by atoms with van der Waals surface area (Å²) in [6.45, 7) is 0. The van der Waals surface area contributed by atoms with Gasteiger partial charge in [0.15, 0.2) is 0 Å². The Hall–Kier alpha value is -1.98. The summed E-state index contributed by atoms with van der Waals surface area (Å²) >= 11 is 13.5. The molecule has 1 aliphatic carbocycles. The molecule has 140 valence electrons. The van der Waals surface area contributed by atoms with Crippen molar-refractivity contribution in [2.24, 2.45) is 0 Å². The molecular formula is C18H16Cl2N4O2S. The van der Waals surface area contributed by atoms with Gasteiger partial charge >= 0.3 is 6.03 Å². The van der Waals surface area contributed by atoms with E-state index in [-0.39, 0.29) is 15.7 Å². The number of thiophene rings is 1. The summed E-state index contributed by atoms with van der Waals surface area (Å²) in [6, 6.07) is 4.63. The van der Waals surface area contributed by atoms with Gasteiger partial charge in [0.05, 0.1) is 21.3 Å². The van der Waals surface area contributed by atoms with Gasteiger partial charge < -0.3 is 5.32 Å². The van der Waals surface area contributed by atoms with E-state index >= 15 is 0 Å². The lowest BCUT2D eigenvalue weighted by Crippen LogP contribution is -2.51. The van der Waals surface area contributed by atoms with Crippen LogP contribution in [0.4, 0.5) is 21.2 Å². The number of urea groups is 1. The second-order valence-electron chi connectivity index (χ2n) is 6.52.